The molecule has 0 aromatic rings. The van der Waals surface area contributed by atoms with Crippen molar-refractivity contribution in [3.63, 3.8) is 0 Å². The Morgan fingerprint density at radius 1 is 0.846 bits per heavy atom. The minimum Gasteiger partial charge on any atom is -0.438 e. The van der Waals surface area contributed by atoms with E-state index < -0.39 is 34.5 Å². The molecule has 26 heavy (non-hydrogen) atoms. The van der Waals surface area contributed by atoms with Gasteiger partial charge < -0.3 is 17.1 Å². The fourth-order valence-corrected chi connectivity index (χ4v) is 15.1. The Morgan fingerprint density at radius 3 is 1.85 bits per heavy atom. The van der Waals surface area contributed by atoms with Crippen molar-refractivity contribution in [1.29, 1.82) is 0 Å². The Labute approximate surface area is 168 Å². The molecule has 3 atom stereocenters. The predicted molar refractivity (Wildman–Crippen MR) is 124 cm³/mol. The molecule has 0 N–H and O–H groups in total. The predicted octanol–water partition coefficient (Wildman–Crippen LogP) is 5.86. The maximum atomic E-state index is 6.40. The Balaban J connectivity index is 4.26. The second-order valence-electron chi connectivity index (χ2n) is 9.55. The van der Waals surface area contributed by atoms with Crippen LogP contribution in [-0.2, 0) is 17.1 Å². The van der Waals surface area contributed by atoms with Crippen molar-refractivity contribution in [2.45, 2.75) is 96.9 Å². The van der Waals surface area contributed by atoms with Crippen molar-refractivity contribution < 1.29 is 17.1 Å². The van der Waals surface area contributed by atoms with Crippen molar-refractivity contribution in [1.82, 2.24) is 0 Å². The first kappa shape index (κ1) is 26.7. The van der Waals surface area contributed by atoms with Crippen molar-refractivity contribution in [3.05, 3.63) is 0 Å². The van der Waals surface area contributed by atoms with Gasteiger partial charge in [0.05, 0.1) is 0 Å². The van der Waals surface area contributed by atoms with Gasteiger partial charge >= 0.3 is 17.8 Å². The molecule has 0 heterocycles. The zero-order chi connectivity index (χ0) is 20.4. The van der Waals surface area contributed by atoms with Crippen LogP contribution in [-0.4, -0.2) is 48.7 Å². The molecule has 0 radical (unpaired) electrons. The summed E-state index contributed by atoms with van der Waals surface area (Å²) in [6.45, 7) is 18.1. The molecule has 0 aliphatic heterocycles. The van der Waals surface area contributed by atoms with E-state index in [2.05, 4.69) is 52.8 Å². The minimum atomic E-state index is -1.99. The zero-order valence-electron chi connectivity index (χ0n) is 19.2. The molecule has 158 valence electrons. The van der Waals surface area contributed by atoms with E-state index in [1.165, 1.54) is 32.1 Å². The molecule has 0 aromatic heterocycles. The highest BCUT2D eigenvalue weighted by atomic mass is 28.4. The second-order valence-corrected chi connectivity index (χ2v) is 24.8. The number of hydrogen-bond acceptors (Lipinski definition) is 4. The zero-order valence-corrected chi connectivity index (χ0v) is 23.4. The first-order valence-electron chi connectivity index (χ1n) is 10.3. The molecule has 0 aliphatic carbocycles. The highest BCUT2D eigenvalue weighted by molar-refractivity contribution is 6.81. The lowest BCUT2D eigenvalue weighted by atomic mass is 9.96. The molecule has 3 unspecified atom stereocenters. The van der Waals surface area contributed by atoms with Crippen LogP contribution in [0.25, 0.3) is 0 Å². The van der Waals surface area contributed by atoms with Gasteiger partial charge in [0.2, 0.25) is 0 Å². The molecule has 0 fully saturated rings. The SMILES string of the molecule is CCC(CCC[SiH](OC)O[Si](C)(C)C)CCC[Si](C)(OC)O[Si](C)(C)C. The van der Waals surface area contributed by atoms with Crippen LogP contribution in [0.2, 0.25) is 57.9 Å². The molecule has 0 aliphatic rings. The van der Waals surface area contributed by atoms with Crippen LogP contribution in [0.5, 0.6) is 0 Å². The van der Waals surface area contributed by atoms with E-state index in [0.29, 0.717) is 0 Å². The molecular formula is C18H46O4Si4. The Hall–Kier alpha value is 0.708. The maximum Gasteiger partial charge on any atom is 0.324 e. The average Bonchev–Trinajstić information content (AvgIpc) is 2.49. The molecule has 0 saturated carbocycles. The quantitative estimate of drug-likeness (QED) is 0.300. The third-order valence-corrected chi connectivity index (χ3v) is 16.2. The highest BCUT2D eigenvalue weighted by Crippen LogP contribution is 2.26. The van der Waals surface area contributed by atoms with Gasteiger partial charge in [0.25, 0.3) is 0 Å². The van der Waals surface area contributed by atoms with Crippen molar-refractivity contribution in [2.24, 2.45) is 5.92 Å². The van der Waals surface area contributed by atoms with E-state index in [0.717, 1.165) is 18.0 Å². The number of rotatable bonds is 15. The summed E-state index contributed by atoms with van der Waals surface area (Å²) in [4.78, 5) is 0. The average molecular weight is 439 g/mol. The normalized spacial score (nSPS) is 17.8. The summed E-state index contributed by atoms with van der Waals surface area (Å²) < 4.78 is 24.1. The molecule has 4 nitrogen and oxygen atoms in total. The Bertz CT molecular complexity index is 371. The fourth-order valence-electron chi connectivity index (χ4n) is 3.30. The summed E-state index contributed by atoms with van der Waals surface area (Å²) >= 11 is 0. The second kappa shape index (κ2) is 12.3. The third-order valence-electron chi connectivity index (χ3n) is 4.57. The summed E-state index contributed by atoms with van der Waals surface area (Å²) in [5, 5.41) is 0. The third kappa shape index (κ3) is 13.8. The van der Waals surface area contributed by atoms with E-state index >= 15 is 0 Å². The van der Waals surface area contributed by atoms with Gasteiger partial charge in [-0.2, -0.15) is 0 Å². The van der Waals surface area contributed by atoms with Crippen molar-refractivity contribution in [3.8, 4) is 0 Å². The fraction of sp³-hybridized carbons (Fsp3) is 1.00. The van der Waals surface area contributed by atoms with Crippen LogP contribution in [0, 0.1) is 5.92 Å². The van der Waals surface area contributed by atoms with E-state index in [4.69, 9.17) is 17.1 Å². The van der Waals surface area contributed by atoms with E-state index in [1.807, 2.05) is 14.2 Å². The molecule has 0 bridgehead atoms. The van der Waals surface area contributed by atoms with Gasteiger partial charge in [0.1, 0.15) is 0 Å². The van der Waals surface area contributed by atoms with Gasteiger partial charge in [-0.3, -0.25) is 0 Å². The van der Waals surface area contributed by atoms with Crippen LogP contribution in [0.3, 0.4) is 0 Å². The lowest BCUT2D eigenvalue weighted by molar-refractivity contribution is 0.297. The lowest BCUT2D eigenvalue weighted by Gasteiger charge is -2.33. The van der Waals surface area contributed by atoms with Crippen LogP contribution < -0.4 is 0 Å². The molecule has 0 amide bonds. The van der Waals surface area contributed by atoms with Gasteiger partial charge in [-0.25, -0.2) is 0 Å². The lowest BCUT2D eigenvalue weighted by Crippen LogP contribution is -2.46. The standard InChI is InChI=1S/C18H46O4Si4/c1-11-18(14-12-16-23(19-2)21-24(4,5)6)15-13-17-26(10,20-3)22-25(7,8)9/h18,23H,11-17H2,1-10H3. The summed E-state index contributed by atoms with van der Waals surface area (Å²) in [5.41, 5.74) is 0. The molecule has 0 aromatic carbocycles. The molecular weight excluding hydrogens is 393 g/mol. The van der Waals surface area contributed by atoms with Gasteiger partial charge in [-0.1, -0.05) is 39.0 Å². The monoisotopic (exact) mass is 438 g/mol. The van der Waals surface area contributed by atoms with E-state index in [9.17, 15) is 0 Å². The molecule has 0 rings (SSSR count). The number of hydrogen-bond donors (Lipinski definition) is 0. The first-order valence-corrected chi connectivity index (χ1v) is 21.4. The summed E-state index contributed by atoms with van der Waals surface area (Å²) in [6.07, 6.45) is 6.28. The molecule has 8 heteroatoms. The molecule has 0 saturated heterocycles. The Kier molecular flexibility index (Phi) is 12.6. The minimum absolute atomic E-state index is 0.801. The largest absolute Gasteiger partial charge is 0.438 e. The van der Waals surface area contributed by atoms with E-state index in [-0.39, 0.29) is 0 Å². The molecule has 0 spiro atoms. The van der Waals surface area contributed by atoms with Gasteiger partial charge in [0, 0.05) is 14.2 Å². The van der Waals surface area contributed by atoms with Crippen LogP contribution in [0.1, 0.15) is 39.0 Å². The van der Waals surface area contributed by atoms with Crippen LogP contribution in [0.15, 0.2) is 0 Å². The van der Waals surface area contributed by atoms with Crippen LogP contribution in [0.4, 0.5) is 0 Å². The van der Waals surface area contributed by atoms with E-state index in [1.54, 1.807) is 0 Å². The summed E-state index contributed by atoms with van der Waals surface area (Å²) in [6, 6.07) is 2.25. The van der Waals surface area contributed by atoms with Crippen molar-refractivity contribution in [2.75, 3.05) is 14.2 Å². The summed E-state index contributed by atoms with van der Waals surface area (Å²) in [7, 11) is -2.81. The maximum absolute atomic E-state index is 6.40. The summed E-state index contributed by atoms with van der Waals surface area (Å²) in [5.74, 6) is 0.801. The van der Waals surface area contributed by atoms with Gasteiger partial charge in [-0.05, 0) is 63.8 Å². The van der Waals surface area contributed by atoms with Gasteiger partial charge in [0.15, 0.2) is 16.6 Å². The van der Waals surface area contributed by atoms with Crippen LogP contribution >= 0.6 is 0 Å². The van der Waals surface area contributed by atoms with Gasteiger partial charge in [-0.15, -0.1) is 0 Å². The Morgan fingerprint density at radius 2 is 1.42 bits per heavy atom. The van der Waals surface area contributed by atoms with Crippen molar-refractivity contribution >= 4 is 34.5 Å². The topological polar surface area (TPSA) is 36.9 Å². The highest BCUT2D eigenvalue weighted by Gasteiger charge is 2.35. The smallest absolute Gasteiger partial charge is 0.324 e. The first-order chi connectivity index (χ1) is 11.8.